The summed E-state index contributed by atoms with van der Waals surface area (Å²) in [6.07, 6.45) is 3.68. The van der Waals surface area contributed by atoms with E-state index < -0.39 is 20.6 Å². The maximum absolute atomic E-state index is 12.4. The van der Waals surface area contributed by atoms with Gasteiger partial charge >= 0.3 is 0 Å². The first-order valence-electron chi connectivity index (χ1n) is 6.89. The molecule has 0 amide bonds. The Hall–Kier alpha value is -1.67. The molecule has 1 aromatic carbocycles. The Morgan fingerprint density at radius 3 is 2.67 bits per heavy atom. The molecule has 1 aliphatic rings. The molecule has 1 atom stereocenters. The van der Waals surface area contributed by atoms with Crippen LogP contribution in [0.15, 0.2) is 23.1 Å². The van der Waals surface area contributed by atoms with Crippen molar-refractivity contribution in [3.05, 3.63) is 28.3 Å². The number of nitrogens with two attached hydrogens (primary N) is 1. The molecule has 1 aromatic rings. The maximum Gasteiger partial charge on any atom is 0.291 e. The molecule has 1 unspecified atom stereocenters. The molecule has 0 heterocycles. The van der Waals surface area contributed by atoms with Crippen LogP contribution in [0, 0.1) is 16.0 Å². The Morgan fingerprint density at radius 1 is 1.48 bits per heavy atom. The van der Waals surface area contributed by atoms with Gasteiger partial charge in [-0.15, -0.1) is 0 Å². The van der Waals surface area contributed by atoms with Crippen molar-refractivity contribution < 1.29 is 13.3 Å². The van der Waals surface area contributed by atoms with Gasteiger partial charge in [-0.1, -0.05) is 19.8 Å². The summed E-state index contributed by atoms with van der Waals surface area (Å²) in [4.78, 5) is 9.96. The van der Waals surface area contributed by atoms with Crippen molar-refractivity contribution in [2.45, 2.75) is 43.5 Å². The highest BCUT2D eigenvalue weighted by atomic mass is 32.2. The van der Waals surface area contributed by atoms with Crippen LogP contribution in [0.5, 0.6) is 0 Å². The number of sulfonamides is 1. The molecule has 1 aliphatic carbocycles. The van der Waals surface area contributed by atoms with Crippen molar-refractivity contribution in [3.63, 3.8) is 0 Å². The molecule has 0 spiro atoms. The van der Waals surface area contributed by atoms with Crippen LogP contribution in [0.4, 0.5) is 11.4 Å². The molecule has 116 valence electrons. The van der Waals surface area contributed by atoms with Gasteiger partial charge in [0, 0.05) is 17.8 Å². The first kappa shape index (κ1) is 15.7. The van der Waals surface area contributed by atoms with E-state index in [1.54, 1.807) is 0 Å². The van der Waals surface area contributed by atoms with E-state index in [1.807, 2.05) is 6.92 Å². The second-order valence-electron chi connectivity index (χ2n) is 5.39. The summed E-state index contributed by atoms with van der Waals surface area (Å²) in [5.41, 5.74) is 5.15. The van der Waals surface area contributed by atoms with Crippen molar-refractivity contribution in [1.29, 1.82) is 0 Å². The lowest BCUT2D eigenvalue weighted by Gasteiger charge is -2.16. The molecular formula is C13H19N3O4S. The number of nitro benzene ring substituents is 1. The number of rotatable bonds is 7. The van der Waals surface area contributed by atoms with Gasteiger partial charge in [-0.25, -0.2) is 13.1 Å². The van der Waals surface area contributed by atoms with Crippen LogP contribution >= 0.6 is 0 Å². The van der Waals surface area contributed by atoms with Gasteiger partial charge in [-0.05, 0) is 30.9 Å². The molecular weight excluding hydrogens is 294 g/mol. The highest BCUT2D eigenvalue weighted by Gasteiger charge is 2.31. The summed E-state index contributed by atoms with van der Waals surface area (Å²) in [7, 11) is -3.93. The Kier molecular flexibility index (Phi) is 4.48. The van der Waals surface area contributed by atoms with E-state index in [0.717, 1.165) is 25.3 Å². The van der Waals surface area contributed by atoms with Crippen LogP contribution in [0.1, 0.15) is 32.6 Å². The number of hydrogen-bond donors (Lipinski definition) is 2. The number of nitro groups is 1. The summed E-state index contributed by atoms with van der Waals surface area (Å²) in [6.45, 7) is 1.90. The lowest BCUT2D eigenvalue weighted by molar-refractivity contribution is -0.387. The van der Waals surface area contributed by atoms with Crippen LogP contribution in [0.3, 0.4) is 0 Å². The van der Waals surface area contributed by atoms with Crippen LogP contribution < -0.4 is 10.5 Å². The number of nitrogen functional groups attached to an aromatic ring is 1. The molecule has 2 rings (SSSR count). The van der Waals surface area contributed by atoms with Crippen LogP contribution in [-0.2, 0) is 10.0 Å². The van der Waals surface area contributed by atoms with Crippen LogP contribution in [0.25, 0.3) is 0 Å². The summed E-state index contributed by atoms with van der Waals surface area (Å²) >= 11 is 0. The van der Waals surface area contributed by atoms with Crippen molar-refractivity contribution in [2.75, 3.05) is 5.73 Å². The fourth-order valence-electron chi connectivity index (χ4n) is 2.24. The Bertz CT molecular complexity index is 641. The van der Waals surface area contributed by atoms with E-state index in [-0.39, 0.29) is 16.6 Å². The number of nitrogens with one attached hydrogen (secondary N) is 1. The van der Waals surface area contributed by atoms with E-state index >= 15 is 0 Å². The highest BCUT2D eigenvalue weighted by Crippen LogP contribution is 2.34. The SMILES string of the molecule is CCC(CC1CC1)NS(=O)(=O)c1ccc(N)cc1[N+](=O)[O-]. The number of anilines is 1. The summed E-state index contributed by atoms with van der Waals surface area (Å²) in [5.74, 6) is 0.569. The first-order valence-corrected chi connectivity index (χ1v) is 8.38. The largest absolute Gasteiger partial charge is 0.399 e. The zero-order valence-corrected chi connectivity index (χ0v) is 12.6. The van der Waals surface area contributed by atoms with E-state index in [9.17, 15) is 18.5 Å². The minimum atomic E-state index is -3.93. The summed E-state index contributed by atoms with van der Waals surface area (Å²) in [5, 5.41) is 11.0. The van der Waals surface area contributed by atoms with Crippen molar-refractivity contribution in [3.8, 4) is 0 Å². The molecule has 7 nitrogen and oxygen atoms in total. The van der Waals surface area contributed by atoms with Crippen molar-refractivity contribution >= 4 is 21.4 Å². The van der Waals surface area contributed by atoms with E-state index in [0.29, 0.717) is 12.3 Å². The predicted molar refractivity (Wildman–Crippen MR) is 79.3 cm³/mol. The minimum Gasteiger partial charge on any atom is -0.399 e. The van der Waals surface area contributed by atoms with Crippen molar-refractivity contribution in [1.82, 2.24) is 4.72 Å². The van der Waals surface area contributed by atoms with Crippen LogP contribution in [-0.4, -0.2) is 19.4 Å². The highest BCUT2D eigenvalue weighted by molar-refractivity contribution is 7.89. The zero-order chi connectivity index (χ0) is 15.6. The predicted octanol–water partition coefficient (Wildman–Crippen LogP) is 2.03. The fraction of sp³-hybridized carbons (Fsp3) is 0.538. The van der Waals surface area contributed by atoms with Gasteiger partial charge < -0.3 is 5.73 Å². The average molecular weight is 313 g/mol. The van der Waals surface area contributed by atoms with Crippen molar-refractivity contribution in [2.24, 2.45) is 5.92 Å². The van der Waals surface area contributed by atoms with Gasteiger partial charge in [-0.3, -0.25) is 10.1 Å². The summed E-state index contributed by atoms with van der Waals surface area (Å²) in [6, 6.07) is 3.40. The van der Waals surface area contributed by atoms with Gasteiger partial charge in [0.1, 0.15) is 0 Å². The topological polar surface area (TPSA) is 115 Å². The van der Waals surface area contributed by atoms with Gasteiger partial charge in [0.25, 0.3) is 5.69 Å². The lowest BCUT2D eigenvalue weighted by Crippen LogP contribution is -2.35. The minimum absolute atomic E-state index is 0.158. The zero-order valence-electron chi connectivity index (χ0n) is 11.8. The maximum atomic E-state index is 12.4. The second-order valence-corrected chi connectivity index (χ2v) is 7.07. The normalized spacial score (nSPS) is 16.6. The Balaban J connectivity index is 2.27. The van der Waals surface area contributed by atoms with E-state index in [4.69, 9.17) is 5.73 Å². The second kappa shape index (κ2) is 5.98. The third-order valence-corrected chi connectivity index (χ3v) is 5.17. The molecule has 0 radical (unpaired) electrons. The van der Waals surface area contributed by atoms with Gasteiger partial charge in [0.2, 0.25) is 10.0 Å². The number of nitrogens with zero attached hydrogens (tertiary/aromatic N) is 1. The fourth-order valence-corrected chi connectivity index (χ4v) is 3.73. The first-order chi connectivity index (χ1) is 9.83. The molecule has 0 saturated heterocycles. The Labute approximate surface area is 123 Å². The molecule has 0 bridgehead atoms. The Morgan fingerprint density at radius 2 is 2.14 bits per heavy atom. The molecule has 3 N–H and O–H groups in total. The molecule has 1 saturated carbocycles. The quantitative estimate of drug-likeness (QED) is 0.454. The van der Waals surface area contributed by atoms with E-state index in [1.165, 1.54) is 12.1 Å². The number of hydrogen-bond acceptors (Lipinski definition) is 5. The molecule has 21 heavy (non-hydrogen) atoms. The molecule has 0 aromatic heterocycles. The number of benzene rings is 1. The monoisotopic (exact) mass is 313 g/mol. The third kappa shape index (κ3) is 3.92. The van der Waals surface area contributed by atoms with E-state index in [2.05, 4.69) is 4.72 Å². The van der Waals surface area contributed by atoms with Gasteiger partial charge in [-0.2, -0.15) is 0 Å². The molecule has 1 fully saturated rings. The van der Waals surface area contributed by atoms with Crippen LogP contribution in [0.2, 0.25) is 0 Å². The van der Waals surface area contributed by atoms with Gasteiger partial charge in [0.05, 0.1) is 4.92 Å². The third-order valence-electron chi connectivity index (χ3n) is 3.60. The lowest BCUT2D eigenvalue weighted by atomic mass is 10.1. The smallest absolute Gasteiger partial charge is 0.291 e. The molecule has 0 aliphatic heterocycles. The van der Waals surface area contributed by atoms with Gasteiger partial charge in [0.15, 0.2) is 4.90 Å². The molecule has 8 heteroatoms. The average Bonchev–Trinajstić information content (AvgIpc) is 3.21. The standard InChI is InChI=1S/C13H19N3O4S/c1-2-11(7-9-3-4-9)15-21(19,20)13-6-5-10(14)8-12(13)16(17)18/h5-6,8-9,11,15H,2-4,7,14H2,1H3. The summed E-state index contributed by atoms with van der Waals surface area (Å²) < 4.78 is 27.3.